The van der Waals surface area contributed by atoms with Crippen LogP contribution in [0.4, 0.5) is 5.82 Å². The van der Waals surface area contributed by atoms with Gasteiger partial charge in [0.25, 0.3) is 0 Å². The molecule has 2 aliphatic rings. The van der Waals surface area contributed by atoms with Crippen molar-refractivity contribution in [1.82, 2.24) is 15.2 Å². The van der Waals surface area contributed by atoms with Gasteiger partial charge in [0.2, 0.25) is 0 Å². The third-order valence-corrected chi connectivity index (χ3v) is 4.87. The van der Waals surface area contributed by atoms with Gasteiger partial charge in [0, 0.05) is 45.0 Å². The topological polar surface area (TPSA) is 31.4 Å². The van der Waals surface area contributed by atoms with E-state index in [2.05, 4.69) is 39.3 Å². The van der Waals surface area contributed by atoms with Crippen molar-refractivity contribution in [3.8, 4) is 0 Å². The second-order valence-electron chi connectivity index (χ2n) is 6.06. The molecule has 0 aromatic carbocycles. The van der Waals surface area contributed by atoms with Gasteiger partial charge in [-0.2, -0.15) is 0 Å². The average molecular weight is 274 g/mol. The Balaban J connectivity index is 1.49. The van der Waals surface area contributed by atoms with E-state index >= 15 is 0 Å². The molecule has 2 fully saturated rings. The highest BCUT2D eigenvalue weighted by Crippen LogP contribution is 2.26. The Morgan fingerprint density at radius 1 is 1.20 bits per heavy atom. The third-order valence-electron chi connectivity index (χ3n) is 4.87. The van der Waals surface area contributed by atoms with Crippen molar-refractivity contribution < 1.29 is 0 Å². The first kappa shape index (κ1) is 13.8. The second kappa shape index (κ2) is 6.55. The number of piperazine rings is 1. The number of hydrogen-bond acceptors (Lipinski definition) is 4. The minimum absolute atomic E-state index is 0.740. The van der Waals surface area contributed by atoms with Crippen LogP contribution in [-0.4, -0.2) is 55.7 Å². The summed E-state index contributed by atoms with van der Waals surface area (Å²) in [5.41, 5.74) is 0. The molecule has 1 saturated carbocycles. The van der Waals surface area contributed by atoms with Crippen molar-refractivity contribution in [3.05, 3.63) is 24.4 Å². The second-order valence-corrected chi connectivity index (χ2v) is 6.06. The van der Waals surface area contributed by atoms with Crippen molar-refractivity contribution in [2.75, 3.05) is 44.7 Å². The molecule has 2 unspecified atom stereocenters. The lowest BCUT2D eigenvalue weighted by Crippen LogP contribution is -2.49. The van der Waals surface area contributed by atoms with Gasteiger partial charge in [0.1, 0.15) is 5.82 Å². The van der Waals surface area contributed by atoms with Gasteiger partial charge in [0.15, 0.2) is 0 Å². The highest BCUT2D eigenvalue weighted by molar-refractivity contribution is 5.38. The van der Waals surface area contributed by atoms with E-state index in [4.69, 9.17) is 0 Å². The molecule has 0 radical (unpaired) electrons. The molecule has 2 atom stereocenters. The largest absolute Gasteiger partial charge is 0.354 e. The summed E-state index contributed by atoms with van der Waals surface area (Å²) in [5.74, 6) is 1.97. The maximum Gasteiger partial charge on any atom is 0.128 e. The van der Waals surface area contributed by atoms with Crippen LogP contribution in [0.15, 0.2) is 24.4 Å². The molecule has 1 saturated heterocycles. The number of pyridine rings is 1. The molecule has 20 heavy (non-hydrogen) atoms. The number of nitrogens with zero attached hydrogens (tertiary/aromatic N) is 3. The third kappa shape index (κ3) is 3.13. The van der Waals surface area contributed by atoms with E-state index < -0.39 is 0 Å². The quantitative estimate of drug-likeness (QED) is 0.903. The molecule has 110 valence electrons. The van der Waals surface area contributed by atoms with Crippen molar-refractivity contribution in [2.45, 2.75) is 25.3 Å². The summed E-state index contributed by atoms with van der Waals surface area (Å²) in [4.78, 5) is 9.50. The predicted octanol–water partition coefficient (Wildman–Crippen LogP) is 1.59. The molecular weight excluding hydrogens is 248 g/mol. The molecule has 1 aromatic heterocycles. The van der Waals surface area contributed by atoms with E-state index in [-0.39, 0.29) is 0 Å². The lowest BCUT2D eigenvalue weighted by Gasteiger charge is -2.37. The van der Waals surface area contributed by atoms with Crippen molar-refractivity contribution in [1.29, 1.82) is 0 Å². The highest BCUT2D eigenvalue weighted by Gasteiger charge is 2.28. The average Bonchev–Trinajstić information content (AvgIpc) is 2.96. The summed E-state index contributed by atoms with van der Waals surface area (Å²) >= 11 is 0. The van der Waals surface area contributed by atoms with Crippen LogP contribution in [-0.2, 0) is 0 Å². The molecule has 0 spiro atoms. The zero-order valence-corrected chi connectivity index (χ0v) is 12.5. The normalized spacial score (nSPS) is 27.9. The van der Waals surface area contributed by atoms with Crippen molar-refractivity contribution in [3.63, 3.8) is 0 Å². The first-order valence-corrected chi connectivity index (χ1v) is 7.92. The van der Waals surface area contributed by atoms with E-state index in [1.54, 1.807) is 0 Å². The molecule has 0 amide bonds. The van der Waals surface area contributed by atoms with Gasteiger partial charge in [-0.25, -0.2) is 4.98 Å². The van der Waals surface area contributed by atoms with Crippen LogP contribution in [0.25, 0.3) is 0 Å². The smallest absolute Gasteiger partial charge is 0.128 e. The number of anilines is 1. The van der Waals surface area contributed by atoms with E-state index in [1.165, 1.54) is 38.9 Å². The molecular formula is C16H26N4. The molecule has 4 heteroatoms. The summed E-state index contributed by atoms with van der Waals surface area (Å²) in [6.07, 6.45) is 6.03. The maximum absolute atomic E-state index is 4.45. The molecule has 0 bridgehead atoms. The van der Waals surface area contributed by atoms with Gasteiger partial charge in [0.05, 0.1) is 0 Å². The Hall–Kier alpha value is -1.13. The Morgan fingerprint density at radius 3 is 2.75 bits per heavy atom. The van der Waals surface area contributed by atoms with E-state index in [1.807, 2.05) is 12.3 Å². The van der Waals surface area contributed by atoms with E-state index in [9.17, 15) is 0 Å². The van der Waals surface area contributed by atoms with Gasteiger partial charge in [-0.1, -0.05) is 12.5 Å². The number of aromatic nitrogens is 1. The molecule has 1 N–H and O–H groups in total. The lowest BCUT2D eigenvalue weighted by atomic mass is 10.0. The standard InChI is InChI=1S/C16H26N4/c1-17-15-6-4-5-14(15)13-19-9-11-20(12-10-19)16-7-2-3-8-18-16/h2-3,7-8,14-15,17H,4-6,9-13H2,1H3. The SMILES string of the molecule is CNC1CCCC1CN1CCN(c2ccccn2)CC1. The fourth-order valence-electron chi connectivity index (χ4n) is 3.67. The van der Waals surface area contributed by atoms with Crippen LogP contribution in [0.2, 0.25) is 0 Å². The molecule has 2 heterocycles. The van der Waals surface area contributed by atoms with Crippen LogP contribution in [0.5, 0.6) is 0 Å². The van der Waals surface area contributed by atoms with Crippen LogP contribution < -0.4 is 10.2 Å². The molecule has 4 nitrogen and oxygen atoms in total. The first-order valence-electron chi connectivity index (χ1n) is 7.92. The number of hydrogen-bond donors (Lipinski definition) is 1. The Morgan fingerprint density at radius 2 is 2.05 bits per heavy atom. The van der Waals surface area contributed by atoms with Crippen LogP contribution in [0, 0.1) is 5.92 Å². The zero-order chi connectivity index (χ0) is 13.8. The summed E-state index contributed by atoms with van der Waals surface area (Å²) in [6.45, 7) is 5.82. The van der Waals surface area contributed by atoms with Crippen LogP contribution >= 0.6 is 0 Å². The summed E-state index contributed by atoms with van der Waals surface area (Å²) in [5, 5.41) is 3.49. The first-order chi connectivity index (χ1) is 9.86. The van der Waals surface area contributed by atoms with E-state index in [0.717, 1.165) is 30.9 Å². The Kier molecular flexibility index (Phi) is 4.53. The van der Waals surface area contributed by atoms with Crippen molar-refractivity contribution >= 4 is 5.82 Å². The van der Waals surface area contributed by atoms with Crippen molar-refractivity contribution in [2.24, 2.45) is 5.92 Å². The molecule has 3 rings (SSSR count). The summed E-state index contributed by atoms with van der Waals surface area (Å²) in [6, 6.07) is 6.91. The number of rotatable bonds is 4. The van der Waals surface area contributed by atoms with Crippen LogP contribution in [0.1, 0.15) is 19.3 Å². The van der Waals surface area contributed by atoms with Gasteiger partial charge in [-0.05, 0) is 37.9 Å². The Bertz CT molecular complexity index is 400. The number of nitrogens with one attached hydrogen (secondary N) is 1. The zero-order valence-electron chi connectivity index (χ0n) is 12.5. The minimum Gasteiger partial charge on any atom is -0.354 e. The van der Waals surface area contributed by atoms with E-state index in [0.29, 0.717) is 0 Å². The van der Waals surface area contributed by atoms with Gasteiger partial charge < -0.3 is 10.2 Å². The molecule has 1 aromatic rings. The summed E-state index contributed by atoms with van der Waals surface area (Å²) in [7, 11) is 2.11. The lowest BCUT2D eigenvalue weighted by molar-refractivity contribution is 0.205. The molecule has 1 aliphatic carbocycles. The van der Waals surface area contributed by atoms with Gasteiger partial charge >= 0.3 is 0 Å². The Labute approximate surface area is 122 Å². The highest BCUT2D eigenvalue weighted by atomic mass is 15.3. The van der Waals surface area contributed by atoms with Gasteiger partial charge in [-0.15, -0.1) is 0 Å². The molecule has 1 aliphatic heterocycles. The van der Waals surface area contributed by atoms with Gasteiger partial charge in [-0.3, -0.25) is 4.90 Å². The minimum atomic E-state index is 0.740. The predicted molar refractivity (Wildman–Crippen MR) is 83.1 cm³/mol. The summed E-state index contributed by atoms with van der Waals surface area (Å²) < 4.78 is 0. The van der Waals surface area contributed by atoms with Crippen LogP contribution in [0.3, 0.4) is 0 Å². The monoisotopic (exact) mass is 274 g/mol. The maximum atomic E-state index is 4.45. The fraction of sp³-hybridized carbons (Fsp3) is 0.688. The fourth-order valence-corrected chi connectivity index (χ4v) is 3.67.